The van der Waals surface area contributed by atoms with Crippen molar-refractivity contribution in [1.29, 1.82) is 0 Å². The summed E-state index contributed by atoms with van der Waals surface area (Å²) in [6.45, 7) is 6.12. The molecule has 194 valence electrons. The summed E-state index contributed by atoms with van der Waals surface area (Å²) in [7, 11) is 0. The number of nitrogens with zero attached hydrogens (tertiary/aromatic N) is 3. The summed E-state index contributed by atoms with van der Waals surface area (Å²) < 4.78 is 59.7. The van der Waals surface area contributed by atoms with Gasteiger partial charge in [-0.25, -0.2) is 4.79 Å². The molecule has 3 fully saturated rings. The maximum Gasteiger partial charge on any atom is 0.422 e. The Morgan fingerprint density at radius 3 is 2.37 bits per heavy atom. The SMILES string of the molecule is CC(C)(C)OC(=O)N1CCC2(CC1)CN(c1c([N+](=O)[O-])ccc(OC3CC3)c1C(F)(F)F)CCO2. The van der Waals surface area contributed by atoms with E-state index in [1.165, 1.54) is 4.90 Å². The van der Waals surface area contributed by atoms with E-state index in [0.717, 1.165) is 12.1 Å². The van der Waals surface area contributed by atoms with E-state index in [1.807, 2.05) is 0 Å². The van der Waals surface area contributed by atoms with E-state index in [9.17, 15) is 28.1 Å². The lowest BCUT2D eigenvalue weighted by molar-refractivity contribution is -0.384. The van der Waals surface area contributed by atoms with E-state index in [0.29, 0.717) is 38.8 Å². The van der Waals surface area contributed by atoms with Crippen LogP contribution in [0.4, 0.5) is 29.3 Å². The molecule has 2 heterocycles. The van der Waals surface area contributed by atoms with Gasteiger partial charge in [-0.1, -0.05) is 0 Å². The molecular formula is C23H30F3N3O6. The lowest BCUT2D eigenvalue weighted by Gasteiger charge is -2.48. The molecule has 9 nitrogen and oxygen atoms in total. The quantitative estimate of drug-likeness (QED) is 0.434. The number of hydrogen-bond acceptors (Lipinski definition) is 7. The standard InChI is InChI=1S/C23H30F3N3O6/c1-21(2,3)35-20(30)27-10-8-22(9-11-27)14-28(12-13-33-22)19-16(29(31)32)6-7-17(34-15-4-5-15)18(19)23(24,25)26/h6-7,15H,4-5,8-14H2,1-3H3. The number of morpholine rings is 1. The largest absolute Gasteiger partial charge is 0.490 e. The zero-order chi connectivity index (χ0) is 25.6. The molecule has 35 heavy (non-hydrogen) atoms. The molecule has 1 aromatic rings. The Hall–Kier alpha value is -2.76. The smallest absolute Gasteiger partial charge is 0.422 e. The van der Waals surface area contributed by atoms with Gasteiger partial charge in [0, 0.05) is 32.2 Å². The molecule has 1 spiro atoms. The van der Waals surface area contributed by atoms with Crippen LogP contribution < -0.4 is 9.64 Å². The molecule has 2 saturated heterocycles. The molecule has 0 radical (unpaired) electrons. The number of hydrogen-bond donors (Lipinski definition) is 0. The van der Waals surface area contributed by atoms with Gasteiger partial charge in [-0.2, -0.15) is 13.2 Å². The molecule has 1 aromatic carbocycles. The predicted octanol–water partition coefficient (Wildman–Crippen LogP) is 4.76. The highest BCUT2D eigenvalue weighted by molar-refractivity contribution is 5.73. The number of carbonyl (C=O) groups is 1. The maximum absolute atomic E-state index is 14.3. The highest BCUT2D eigenvalue weighted by atomic mass is 19.4. The van der Waals surface area contributed by atoms with Gasteiger partial charge in [-0.3, -0.25) is 10.1 Å². The van der Waals surface area contributed by atoms with Crippen molar-refractivity contribution in [2.45, 2.75) is 69.9 Å². The molecule has 12 heteroatoms. The number of anilines is 1. The number of carbonyl (C=O) groups excluding carboxylic acids is 1. The molecular weight excluding hydrogens is 471 g/mol. The number of ether oxygens (including phenoxy) is 3. The molecule has 0 N–H and O–H groups in total. The van der Waals surface area contributed by atoms with E-state index < -0.39 is 45.3 Å². The first kappa shape index (κ1) is 25.3. The van der Waals surface area contributed by atoms with Crippen LogP contribution in [0.15, 0.2) is 12.1 Å². The van der Waals surface area contributed by atoms with Crippen molar-refractivity contribution in [3.63, 3.8) is 0 Å². The second-order valence-electron chi connectivity index (χ2n) is 10.3. The fraction of sp³-hybridized carbons (Fsp3) is 0.696. The first-order chi connectivity index (χ1) is 16.3. The van der Waals surface area contributed by atoms with Gasteiger partial charge >= 0.3 is 12.3 Å². The lowest BCUT2D eigenvalue weighted by Crippen LogP contribution is -2.58. The van der Waals surface area contributed by atoms with Crippen molar-refractivity contribution in [2.75, 3.05) is 37.7 Å². The third-order valence-electron chi connectivity index (χ3n) is 6.31. The number of nitro groups is 1. The third kappa shape index (κ3) is 5.74. The summed E-state index contributed by atoms with van der Waals surface area (Å²) in [4.78, 5) is 26.3. The Balaban J connectivity index is 1.61. The van der Waals surface area contributed by atoms with E-state index in [1.54, 1.807) is 25.7 Å². The van der Waals surface area contributed by atoms with Crippen LogP contribution in [0.2, 0.25) is 0 Å². The van der Waals surface area contributed by atoms with Crippen molar-refractivity contribution in [2.24, 2.45) is 0 Å². The Morgan fingerprint density at radius 1 is 1.17 bits per heavy atom. The summed E-state index contributed by atoms with van der Waals surface area (Å²) in [6.07, 6.45) is -3.57. The monoisotopic (exact) mass is 501 g/mol. The van der Waals surface area contributed by atoms with E-state index >= 15 is 0 Å². The van der Waals surface area contributed by atoms with Crippen LogP contribution in [0.1, 0.15) is 52.0 Å². The Bertz CT molecular complexity index is 982. The van der Waals surface area contributed by atoms with Crippen LogP contribution in [-0.4, -0.2) is 66.0 Å². The predicted molar refractivity (Wildman–Crippen MR) is 120 cm³/mol. The molecule has 4 rings (SSSR count). The van der Waals surface area contributed by atoms with Gasteiger partial charge in [0.05, 0.1) is 23.2 Å². The van der Waals surface area contributed by atoms with Crippen LogP contribution >= 0.6 is 0 Å². The highest BCUT2D eigenvalue weighted by Crippen LogP contribution is 2.49. The van der Waals surface area contributed by atoms with E-state index in [2.05, 4.69) is 0 Å². The average molecular weight is 502 g/mol. The van der Waals surface area contributed by atoms with E-state index in [4.69, 9.17) is 14.2 Å². The minimum absolute atomic E-state index is 0.0337. The third-order valence-corrected chi connectivity index (χ3v) is 6.31. The van der Waals surface area contributed by atoms with Gasteiger partial charge in [0.2, 0.25) is 0 Å². The summed E-state index contributed by atoms with van der Waals surface area (Å²) in [5.41, 5.74) is -3.71. The normalized spacial score (nSPS) is 20.6. The van der Waals surface area contributed by atoms with Crippen molar-refractivity contribution < 1.29 is 37.1 Å². The number of alkyl halides is 3. The van der Waals surface area contributed by atoms with Crippen molar-refractivity contribution in [1.82, 2.24) is 4.90 Å². The molecule has 0 aromatic heterocycles. The lowest BCUT2D eigenvalue weighted by atomic mass is 9.89. The van der Waals surface area contributed by atoms with Gasteiger partial charge in [-0.05, 0) is 52.5 Å². The maximum atomic E-state index is 14.3. The van der Waals surface area contributed by atoms with Crippen LogP contribution in [0, 0.1) is 10.1 Å². The summed E-state index contributed by atoms with van der Waals surface area (Å²) in [6, 6.07) is 2.12. The number of piperidine rings is 1. The van der Waals surface area contributed by atoms with Crippen molar-refractivity contribution in [3.8, 4) is 5.75 Å². The molecule has 2 aliphatic heterocycles. The average Bonchev–Trinajstić information content (AvgIpc) is 3.56. The first-order valence-electron chi connectivity index (χ1n) is 11.7. The Kier molecular flexibility index (Phi) is 6.54. The second kappa shape index (κ2) is 9.03. The second-order valence-corrected chi connectivity index (χ2v) is 10.3. The molecule has 1 aliphatic carbocycles. The Morgan fingerprint density at radius 2 is 1.83 bits per heavy atom. The number of amides is 1. The molecule has 0 bridgehead atoms. The Labute approximate surface area is 201 Å². The minimum atomic E-state index is -4.85. The van der Waals surface area contributed by atoms with Crippen LogP contribution in [0.25, 0.3) is 0 Å². The van der Waals surface area contributed by atoms with Crippen LogP contribution in [-0.2, 0) is 15.7 Å². The van der Waals surface area contributed by atoms with Gasteiger partial charge in [0.25, 0.3) is 5.69 Å². The molecule has 1 saturated carbocycles. The molecule has 0 atom stereocenters. The minimum Gasteiger partial charge on any atom is -0.490 e. The number of likely N-dealkylation sites (tertiary alicyclic amines) is 1. The van der Waals surface area contributed by atoms with Crippen molar-refractivity contribution >= 4 is 17.5 Å². The zero-order valence-electron chi connectivity index (χ0n) is 20.0. The fourth-order valence-electron chi connectivity index (χ4n) is 4.53. The van der Waals surface area contributed by atoms with Crippen LogP contribution in [0.5, 0.6) is 5.75 Å². The number of nitro benzene ring substituents is 1. The first-order valence-corrected chi connectivity index (χ1v) is 11.7. The zero-order valence-corrected chi connectivity index (χ0v) is 20.0. The number of rotatable bonds is 4. The molecule has 0 unspecified atom stereocenters. The van der Waals surface area contributed by atoms with Gasteiger partial charge in [-0.15, -0.1) is 0 Å². The highest BCUT2D eigenvalue weighted by Gasteiger charge is 2.47. The van der Waals surface area contributed by atoms with Gasteiger partial charge < -0.3 is 24.0 Å². The molecule has 3 aliphatic rings. The van der Waals surface area contributed by atoms with Gasteiger partial charge in [0.1, 0.15) is 22.6 Å². The topological polar surface area (TPSA) is 94.4 Å². The summed E-state index contributed by atoms with van der Waals surface area (Å²) in [5, 5.41) is 11.8. The van der Waals surface area contributed by atoms with Gasteiger partial charge in [0.15, 0.2) is 0 Å². The van der Waals surface area contributed by atoms with Crippen LogP contribution in [0.3, 0.4) is 0 Å². The summed E-state index contributed by atoms with van der Waals surface area (Å²) >= 11 is 0. The van der Waals surface area contributed by atoms with Crippen molar-refractivity contribution in [3.05, 3.63) is 27.8 Å². The summed E-state index contributed by atoms with van der Waals surface area (Å²) in [5.74, 6) is -0.388. The van der Waals surface area contributed by atoms with E-state index in [-0.39, 0.29) is 31.5 Å². The number of benzene rings is 1. The fourth-order valence-corrected chi connectivity index (χ4v) is 4.53. The molecule has 1 amide bonds. The number of halogens is 3.